The van der Waals surface area contributed by atoms with Crippen LogP contribution in [0, 0.1) is 0 Å². The summed E-state index contributed by atoms with van der Waals surface area (Å²) in [6.07, 6.45) is 0.222. The number of hydrogen-bond acceptors (Lipinski definition) is 4. The fraction of sp³-hybridized carbons (Fsp3) is 0.188. The van der Waals surface area contributed by atoms with Gasteiger partial charge in [-0.3, -0.25) is 4.79 Å². The first kappa shape index (κ1) is 14.7. The molecule has 0 spiro atoms. The highest BCUT2D eigenvalue weighted by Crippen LogP contribution is 2.21. The molecule has 0 unspecified atom stereocenters. The summed E-state index contributed by atoms with van der Waals surface area (Å²) in [5.74, 6) is 0.656. The number of benzene rings is 2. The summed E-state index contributed by atoms with van der Waals surface area (Å²) >= 11 is 0. The number of rotatable bonds is 5. The second-order valence-corrected chi connectivity index (χ2v) is 4.70. The van der Waals surface area contributed by atoms with Crippen LogP contribution in [0.25, 0.3) is 0 Å². The van der Waals surface area contributed by atoms with Crippen molar-refractivity contribution in [3.8, 4) is 11.5 Å². The minimum absolute atomic E-state index is 0.116. The first-order valence-electron chi connectivity index (χ1n) is 6.55. The number of nitrogens with two attached hydrogens (primary N) is 1. The van der Waals surface area contributed by atoms with Crippen molar-refractivity contribution < 1.29 is 14.6 Å². The Labute approximate surface area is 123 Å². The van der Waals surface area contributed by atoms with E-state index in [4.69, 9.17) is 10.5 Å². The number of aromatic hydroxyl groups is 1. The standard InChI is InChI=1S/C16H18N2O3/c1-21-15-6-5-12(8-14(15)17)10-18-16(20)9-11-3-2-4-13(19)7-11/h2-8,19H,9-10,17H2,1H3,(H,18,20). The number of nitrogens with one attached hydrogen (secondary N) is 1. The Kier molecular flexibility index (Phi) is 4.66. The fourth-order valence-corrected chi connectivity index (χ4v) is 2.01. The fourth-order valence-electron chi connectivity index (χ4n) is 2.01. The van der Waals surface area contributed by atoms with Crippen LogP contribution in [0.2, 0.25) is 0 Å². The monoisotopic (exact) mass is 286 g/mol. The van der Waals surface area contributed by atoms with E-state index in [1.54, 1.807) is 43.5 Å². The Morgan fingerprint density at radius 1 is 1.24 bits per heavy atom. The molecule has 0 saturated carbocycles. The lowest BCUT2D eigenvalue weighted by Gasteiger charge is -2.09. The van der Waals surface area contributed by atoms with Gasteiger partial charge in [-0.05, 0) is 35.4 Å². The van der Waals surface area contributed by atoms with E-state index in [0.29, 0.717) is 18.0 Å². The smallest absolute Gasteiger partial charge is 0.224 e. The lowest BCUT2D eigenvalue weighted by Crippen LogP contribution is -2.24. The summed E-state index contributed by atoms with van der Waals surface area (Å²) in [4.78, 5) is 11.9. The predicted octanol–water partition coefficient (Wildman–Crippen LogP) is 1.84. The Bertz CT molecular complexity index is 641. The number of ether oxygens (including phenoxy) is 1. The lowest BCUT2D eigenvalue weighted by molar-refractivity contribution is -0.120. The van der Waals surface area contributed by atoms with Gasteiger partial charge in [0.05, 0.1) is 19.2 Å². The van der Waals surface area contributed by atoms with E-state index in [1.165, 1.54) is 0 Å². The van der Waals surface area contributed by atoms with Crippen LogP contribution < -0.4 is 15.8 Å². The molecule has 0 aromatic heterocycles. The van der Waals surface area contributed by atoms with Crippen LogP contribution >= 0.6 is 0 Å². The van der Waals surface area contributed by atoms with E-state index in [1.807, 2.05) is 6.07 Å². The largest absolute Gasteiger partial charge is 0.508 e. The van der Waals surface area contributed by atoms with Crippen LogP contribution in [0.5, 0.6) is 11.5 Å². The first-order chi connectivity index (χ1) is 10.1. The van der Waals surface area contributed by atoms with Gasteiger partial charge in [0.2, 0.25) is 5.91 Å². The Hall–Kier alpha value is -2.69. The maximum atomic E-state index is 11.9. The van der Waals surface area contributed by atoms with Gasteiger partial charge in [0.1, 0.15) is 11.5 Å². The molecule has 0 aliphatic carbocycles. The minimum Gasteiger partial charge on any atom is -0.508 e. The lowest BCUT2D eigenvalue weighted by atomic mass is 10.1. The number of carbonyl (C=O) groups is 1. The first-order valence-corrected chi connectivity index (χ1v) is 6.55. The van der Waals surface area contributed by atoms with E-state index < -0.39 is 0 Å². The number of methoxy groups -OCH3 is 1. The molecule has 0 atom stereocenters. The van der Waals surface area contributed by atoms with Crippen molar-refractivity contribution in [3.05, 3.63) is 53.6 Å². The summed E-state index contributed by atoms with van der Waals surface area (Å²) in [5.41, 5.74) is 8.02. The summed E-state index contributed by atoms with van der Waals surface area (Å²) in [6, 6.07) is 12.0. The normalized spacial score (nSPS) is 10.1. The van der Waals surface area contributed by atoms with Gasteiger partial charge in [-0.1, -0.05) is 18.2 Å². The number of amides is 1. The van der Waals surface area contributed by atoms with Crippen LogP contribution in [-0.4, -0.2) is 18.1 Å². The van der Waals surface area contributed by atoms with E-state index in [9.17, 15) is 9.90 Å². The van der Waals surface area contributed by atoms with Crippen molar-refractivity contribution in [2.75, 3.05) is 12.8 Å². The highest BCUT2D eigenvalue weighted by atomic mass is 16.5. The molecule has 0 bridgehead atoms. The average molecular weight is 286 g/mol. The molecule has 0 saturated heterocycles. The molecule has 1 amide bonds. The minimum atomic E-state index is -0.116. The second kappa shape index (κ2) is 6.65. The topological polar surface area (TPSA) is 84.6 Å². The zero-order valence-corrected chi connectivity index (χ0v) is 11.8. The Balaban J connectivity index is 1.90. The third-order valence-corrected chi connectivity index (χ3v) is 3.06. The molecule has 0 aliphatic heterocycles. The van der Waals surface area contributed by atoms with Gasteiger partial charge in [-0.15, -0.1) is 0 Å². The summed E-state index contributed by atoms with van der Waals surface area (Å²) < 4.78 is 5.08. The van der Waals surface area contributed by atoms with Crippen molar-refractivity contribution in [1.29, 1.82) is 0 Å². The van der Waals surface area contributed by atoms with Crippen LogP contribution in [0.15, 0.2) is 42.5 Å². The Morgan fingerprint density at radius 2 is 2.05 bits per heavy atom. The van der Waals surface area contributed by atoms with Crippen LogP contribution in [0.3, 0.4) is 0 Å². The number of nitrogen functional groups attached to an aromatic ring is 1. The SMILES string of the molecule is COc1ccc(CNC(=O)Cc2cccc(O)c2)cc1N. The van der Waals surface area contributed by atoms with Crippen molar-refractivity contribution in [1.82, 2.24) is 5.32 Å². The molecule has 2 aromatic rings. The zero-order valence-electron chi connectivity index (χ0n) is 11.8. The third kappa shape index (κ3) is 4.14. The van der Waals surface area contributed by atoms with Crippen LogP contribution in [0.1, 0.15) is 11.1 Å². The van der Waals surface area contributed by atoms with Crippen molar-refractivity contribution >= 4 is 11.6 Å². The number of phenolic OH excluding ortho intramolecular Hbond substituents is 1. The maximum absolute atomic E-state index is 11.9. The molecule has 0 aliphatic rings. The zero-order chi connectivity index (χ0) is 15.2. The van der Waals surface area contributed by atoms with Gasteiger partial charge >= 0.3 is 0 Å². The molecule has 2 aromatic carbocycles. The van der Waals surface area contributed by atoms with Gasteiger partial charge in [-0.2, -0.15) is 0 Å². The van der Waals surface area contributed by atoms with E-state index in [-0.39, 0.29) is 18.1 Å². The molecule has 0 heterocycles. The van der Waals surface area contributed by atoms with E-state index in [2.05, 4.69) is 5.32 Å². The summed E-state index contributed by atoms with van der Waals surface area (Å²) in [6.45, 7) is 0.395. The highest BCUT2D eigenvalue weighted by molar-refractivity contribution is 5.78. The van der Waals surface area contributed by atoms with Crippen molar-refractivity contribution in [3.63, 3.8) is 0 Å². The predicted molar refractivity (Wildman–Crippen MR) is 81.1 cm³/mol. The average Bonchev–Trinajstić information content (AvgIpc) is 2.45. The van der Waals surface area contributed by atoms with Crippen LogP contribution in [-0.2, 0) is 17.8 Å². The van der Waals surface area contributed by atoms with Gasteiger partial charge in [0.15, 0.2) is 0 Å². The Morgan fingerprint density at radius 3 is 2.71 bits per heavy atom. The molecular weight excluding hydrogens is 268 g/mol. The highest BCUT2D eigenvalue weighted by Gasteiger charge is 2.05. The molecule has 0 radical (unpaired) electrons. The van der Waals surface area contributed by atoms with Gasteiger partial charge in [-0.25, -0.2) is 0 Å². The summed E-state index contributed by atoms with van der Waals surface area (Å²) in [5, 5.41) is 12.2. The molecule has 5 heteroatoms. The second-order valence-electron chi connectivity index (χ2n) is 4.70. The molecule has 110 valence electrons. The van der Waals surface area contributed by atoms with Gasteiger partial charge < -0.3 is 20.9 Å². The molecule has 0 fully saturated rings. The number of carbonyl (C=O) groups excluding carboxylic acids is 1. The molecule has 21 heavy (non-hydrogen) atoms. The quantitative estimate of drug-likeness (QED) is 0.732. The molecule has 5 nitrogen and oxygen atoms in total. The van der Waals surface area contributed by atoms with E-state index >= 15 is 0 Å². The molecule has 2 rings (SSSR count). The number of anilines is 1. The van der Waals surface area contributed by atoms with Gasteiger partial charge in [0, 0.05) is 6.54 Å². The summed E-state index contributed by atoms with van der Waals surface area (Å²) in [7, 11) is 1.56. The molecular formula is C16H18N2O3. The van der Waals surface area contributed by atoms with Crippen molar-refractivity contribution in [2.45, 2.75) is 13.0 Å². The number of phenols is 1. The van der Waals surface area contributed by atoms with Crippen LogP contribution in [0.4, 0.5) is 5.69 Å². The van der Waals surface area contributed by atoms with Crippen molar-refractivity contribution in [2.24, 2.45) is 0 Å². The van der Waals surface area contributed by atoms with E-state index in [0.717, 1.165) is 11.1 Å². The maximum Gasteiger partial charge on any atom is 0.224 e. The molecule has 4 N–H and O–H groups in total. The number of hydrogen-bond donors (Lipinski definition) is 3. The van der Waals surface area contributed by atoms with Gasteiger partial charge in [0.25, 0.3) is 0 Å². The third-order valence-electron chi connectivity index (χ3n) is 3.06.